The first-order valence-corrected chi connectivity index (χ1v) is 11.9. The van der Waals surface area contributed by atoms with E-state index >= 15 is 0 Å². The van der Waals surface area contributed by atoms with Gasteiger partial charge >= 0.3 is 0 Å². The summed E-state index contributed by atoms with van der Waals surface area (Å²) in [6, 6.07) is 8.46. The Bertz CT molecular complexity index is 1440. The minimum absolute atomic E-state index is 0.0868. The van der Waals surface area contributed by atoms with Crippen LogP contribution in [0, 0.1) is 13.8 Å². The Balaban J connectivity index is 1.36. The van der Waals surface area contributed by atoms with Crippen LogP contribution in [0.15, 0.2) is 30.3 Å². The number of carbonyl (C=O) groups excluding carboxylic acids is 1. The summed E-state index contributed by atoms with van der Waals surface area (Å²) < 4.78 is 30.6. The molecule has 5 rings (SSSR count). The molecule has 3 aromatic heterocycles. The molecule has 1 aromatic carbocycles. The minimum atomic E-state index is -2.65. The van der Waals surface area contributed by atoms with Crippen LogP contribution >= 0.6 is 23.2 Å². The maximum atomic E-state index is 13.8. The minimum Gasteiger partial charge on any atom is -0.308 e. The summed E-state index contributed by atoms with van der Waals surface area (Å²) >= 11 is 12.2. The van der Waals surface area contributed by atoms with Gasteiger partial charge < -0.3 is 5.32 Å². The number of nitrogens with one attached hydrogen (secondary N) is 1. The van der Waals surface area contributed by atoms with E-state index in [0.717, 1.165) is 24.1 Å². The van der Waals surface area contributed by atoms with Gasteiger partial charge in [-0.25, -0.2) is 18.4 Å². The van der Waals surface area contributed by atoms with E-state index in [9.17, 15) is 13.6 Å². The molecule has 1 aliphatic carbocycles. The molecule has 0 spiro atoms. The SMILES string of the molecule is Cc1nn(CC(=O)Nc2cc(C)n(Cc3ccc(Cl)cc3Cl)n2)c2nc(C3CC3)cc(C(F)F)c12. The standard InChI is InChI=1S/C24H22Cl2F2N6O/c1-12-7-20(32-33(12)10-15-5-6-16(25)8-18(15)26)30-21(35)11-34-24-22(13(2)31-34)17(23(27)28)9-19(29-24)14-3-4-14/h5-9,14,23H,3-4,10-11H2,1-2H3,(H,30,32,35). The molecular weight excluding hydrogens is 497 g/mol. The Hall–Kier alpha value is -3.04. The summed E-state index contributed by atoms with van der Waals surface area (Å²) in [5.41, 5.74) is 2.92. The highest BCUT2D eigenvalue weighted by Crippen LogP contribution is 2.42. The normalized spacial score (nSPS) is 13.7. The molecule has 11 heteroatoms. The Morgan fingerprint density at radius 1 is 1.14 bits per heavy atom. The number of alkyl halides is 2. The van der Waals surface area contributed by atoms with E-state index in [0.29, 0.717) is 44.8 Å². The molecular formula is C24H22Cl2F2N6O. The van der Waals surface area contributed by atoms with Crippen molar-refractivity contribution in [2.24, 2.45) is 0 Å². The Kier molecular flexibility index (Phi) is 6.23. The third-order valence-electron chi connectivity index (χ3n) is 6.04. The van der Waals surface area contributed by atoms with E-state index in [-0.39, 0.29) is 23.9 Å². The molecule has 0 bridgehead atoms. The van der Waals surface area contributed by atoms with E-state index in [4.69, 9.17) is 23.2 Å². The second-order valence-corrected chi connectivity index (χ2v) is 9.61. The molecule has 1 fully saturated rings. The first-order valence-electron chi connectivity index (χ1n) is 11.1. The van der Waals surface area contributed by atoms with Crippen molar-refractivity contribution in [3.63, 3.8) is 0 Å². The van der Waals surface area contributed by atoms with Crippen LogP contribution in [0.3, 0.4) is 0 Å². The molecule has 1 N–H and O–H groups in total. The van der Waals surface area contributed by atoms with Crippen LogP contribution in [-0.4, -0.2) is 30.5 Å². The number of aromatic nitrogens is 5. The van der Waals surface area contributed by atoms with Gasteiger partial charge in [0.1, 0.15) is 6.54 Å². The Morgan fingerprint density at radius 2 is 1.91 bits per heavy atom. The van der Waals surface area contributed by atoms with Crippen LogP contribution in [0.1, 0.15) is 53.4 Å². The molecule has 0 saturated heterocycles. The summed E-state index contributed by atoms with van der Waals surface area (Å²) in [5, 5.41) is 12.9. The van der Waals surface area contributed by atoms with Gasteiger partial charge in [0.2, 0.25) is 5.91 Å². The van der Waals surface area contributed by atoms with Gasteiger partial charge in [-0.3, -0.25) is 9.48 Å². The van der Waals surface area contributed by atoms with Gasteiger partial charge in [-0.15, -0.1) is 0 Å². The number of rotatable bonds is 7. The lowest BCUT2D eigenvalue weighted by Crippen LogP contribution is -2.20. The van der Waals surface area contributed by atoms with Crippen LogP contribution in [0.25, 0.3) is 11.0 Å². The van der Waals surface area contributed by atoms with Gasteiger partial charge in [0.25, 0.3) is 6.43 Å². The monoisotopic (exact) mass is 518 g/mol. The molecule has 0 radical (unpaired) electrons. The highest BCUT2D eigenvalue weighted by atomic mass is 35.5. The van der Waals surface area contributed by atoms with Crippen molar-refractivity contribution in [3.05, 3.63) is 68.6 Å². The first-order chi connectivity index (χ1) is 16.7. The quantitative estimate of drug-likeness (QED) is 0.322. The smallest absolute Gasteiger partial charge is 0.264 e. The van der Waals surface area contributed by atoms with Gasteiger partial charge in [0.15, 0.2) is 11.5 Å². The number of anilines is 1. The van der Waals surface area contributed by atoms with E-state index in [1.165, 1.54) is 10.7 Å². The molecule has 35 heavy (non-hydrogen) atoms. The largest absolute Gasteiger partial charge is 0.308 e. The van der Waals surface area contributed by atoms with Crippen LogP contribution in [-0.2, 0) is 17.9 Å². The lowest BCUT2D eigenvalue weighted by Gasteiger charge is -2.08. The lowest BCUT2D eigenvalue weighted by atomic mass is 10.1. The van der Waals surface area contributed by atoms with Crippen LogP contribution < -0.4 is 5.32 Å². The van der Waals surface area contributed by atoms with Crippen molar-refractivity contribution in [1.82, 2.24) is 24.5 Å². The third kappa shape index (κ3) is 4.88. The first kappa shape index (κ1) is 23.7. The molecule has 0 unspecified atom stereocenters. The summed E-state index contributed by atoms with van der Waals surface area (Å²) in [4.78, 5) is 17.4. The van der Waals surface area contributed by atoms with Crippen molar-refractivity contribution in [3.8, 4) is 0 Å². The fourth-order valence-corrected chi connectivity index (χ4v) is 4.61. The van der Waals surface area contributed by atoms with Gasteiger partial charge in [0.05, 0.1) is 17.6 Å². The van der Waals surface area contributed by atoms with Gasteiger partial charge in [-0.2, -0.15) is 10.2 Å². The highest BCUT2D eigenvalue weighted by molar-refractivity contribution is 6.35. The number of aryl methyl sites for hydroxylation is 2. The molecule has 1 amide bonds. The molecule has 1 saturated carbocycles. The second kappa shape index (κ2) is 9.20. The molecule has 7 nitrogen and oxygen atoms in total. The van der Waals surface area contributed by atoms with E-state index in [1.54, 1.807) is 29.8 Å². The summed E-state index contributed by atoms with van der Waals surface area (Å²) in [6.45, 7) is 3.74. The molecule has 0 atom stereocenters. The van der Waals surface area contributed by atoms with Crippen LogP contribution in [0.4, 0.5) is 14.6 Å². The van der Waals surface area contributed by atoms with Crippen molar-refractivity contribution in [2.75, 3.05) is 5.32 Å². The van der Waals surface area contributed by atoms with E-state index in [2.05, 4.69) is 20.5 Å². The molecule has 1 aliphatic rings. The number of hydrogen-bond donors (Lipinski definition) is 1. The zero-order valence-corrected chi connectivity index (χ0v) is 20.5. The van der Waals surface area contributed by atoms with Crippen LogP contribution in [0.2, 0.25) is 10.0 Å². The molecule has 3 heterocycles. The summed E-state index contributed by atoms with van der Waals surface area (Å²) in [7, 11) is 0. The van der Waals surface area contributed by atoms with Crippen molar-refractivity contribution < 1.29 is 13.6 Å². The fourth-order valence-electron chi connectivity index (χ4n) is 4.14. The predicted octanol–water partition coefficient (Wildman–Crippen LogP) is 6.05. The Labute approximate surface area is 210 Å². The van der Waals surface area contributed by atoms with Gasteiger partial charge in [-0.05, 0) is 50.5 Å². The number of fused-ring (bicyclic) bond motifs is 1. The number of amides is 1. The average molecular weight is 519 g/mol. The van der Waals surface area contributed by atoms with E-state index in [1.807, 2.05) is 13.0 Å². The second-order valence-electron chi connectivity index (χ2n) is 8.77. The number of pyridine rings is 1. The van der Waals surface area contributed by atoms with Crippen molar-refractivity contribution in [2.45, 2.75) is 52.1 Å². The summed E-state index contributed by atoms with van der Waals surface area (Å²) in [5.74, 6) is 0.168. The number of benzene rings is 1. The number of carbonyl (C=O) groups is 1. The maximum Gasteiger partial charge on any atom is 0.264 e. The van der Waals surface area contributed by atoms with Crippen molar-refractivity contribution >= 4 is 46.0 Å². The van der Waals surface area contributed by atoms with Crippen LogP contribution in [0.5, 0.6) is 0 Å². The number of nitrogens with zero attached hydrogens (tertiary/aromatic N) is 5. The third-order valence-corrected chi connectivity index (χ3v) is 6.62. The van der Waals surface area contributed by atoms with E-state index < -0.39 is 6.43 Å². The van der Waals surface area contributed by atoms with Gasteiger partial charge in [0, 0.05) is 39.0 Å². The average Bonchev–Trinajstić information content (AvgIpc) is 3.52. The number of hydrogen-bond acceptors (Lipinski definition) is 4. The zero-order valence-electron chi connectivity index (χ0n) is 19.0. The summed E-state index contributed by atoms with van der Waals surface area (Å²) in [6.07, 6.45) is -0.792. The highest BCUT2D eigenvalue weighted by Gasteiger charge is 2.29. The zero-order chi connectivity index (χ0) is 24.9. The topological polar surface area (TPSA) is 77.6 Å². The lowest BCUT2D eigenvalue weighted by molar-refractivity contribution is -0.116. The predicted molar refractivity (Wildman–Crippen MR) is 130 cm³/mol. The molecule has 0 aliphatic heterocycles. The molecule has 4 aromatic rings. The fraction of sp³-hybridized carbons (Fsp3) is 0.333. The molecule has 182 valence electrons. The van der Waals surface area contributed by atoms with Gasteiger partial charge in [-0.1, -0.05) is 29.3 Å². The maximum absolute atomic E-state index is 13.8. The Morgan fingerprint density at radius 3 is 2.60 bits per heavy atom. The number of halogens is 4. The van der Waals surface area contributed by atoms with Crippen molar-refractivity contribution in [1.29, 1.82) is 0 Å².